The molecule has 1 aromatic carbocycles. The molecule has 1 aromatic rings. The Morgan fingerprint density at radius 1 is 1.03 bits per heavy atom. The summed E-state index contributed by atoms with van der Waals surface area (Å²) >= 11 is 0. The second-order valence-electron chi connectivity index (χ2n) is 9.50. The lowest BCUT2D eigenvalue weighted by Gasteiger charge is -2.34. The highest BCUT2D eigenvalue weighted by Gasteiger charge is 2.29. The fourth-order valence-corrected chi connectivity index (χ4v) is 3.95. The third kappa shape index (κ3) is 7.73. The Bertz CT molecular complexity index is 668. The third-order valence-electron chi connectivity index (χ3n) is 5.42. The van der Waals surface area contributed by atoms with Gasteiger partial charge in [-0.15, -0.1) is 0 Å². The van der Waals surface area contributed by atoms with Gasteiger partial charge in [-0.2, -0.15) is 0 Å². The molecule has 2 atom stereocenters. The van der Waals surface area contributed by atoms with Crippen molar-refractivity contribution in [2.24, 2.45) is 5.92 Å². The summed E-state index contributed by atoms with van der Waals surface area (Å²) in [5.41, 5.74) is 0.516. The van der Waals surface area contributed by atoms with Crippen molar-refractivity contribution in [1.29, 1.82) is 0 Å². The van der Waals surface area contributed by atoms with Crippen molar-refractivity contribution in [2.45, 2.75) is 98.3 Å². The molecule has 5 nitrogen and oxygen atoms in total. The van der Waals surface area contributed by atoms with Gasteiger partial charge in [0.2, 0.25) is 0 Å². The number of rotatable bonds is 10. The van der Waals surface area contributed by atoms with Crippen LogP contribution in [0.25, 0.3) is 0 Å². The van der Waals surface area contributed by atoms with E-state index in [4.69, 9.17) is 14.2 Å². The molecule has 30 heavy (non-hydrogen) atoms. The van der Waals surface area contributed by atoms with Gasteiger partial charge in [0.05, 0.1) is 0 Å². The zero-order valence-electron chi connectivity index (χ0n) is 19.8. The molecule has 0 saturated heterocycles. The highest BCUT2D eigenvalue weighted by molar-refractivity contribution is 5.68. The lowest BCUT2D eigenvalue weighted by Crippen LogP contribution is -2.43. The van der Waals surface area contributed by atoms with Gasteiger partial charge < -0.3 is 19.1 Å². The highest BCUT2D eigenvalue weighted by atomic mass is 16.6. The number of nitrogens with zero attached hydrogens (tertiary/aromatic N) is 1. The summed E-state index contributed by atoms with van der Waals surface area (Å²) in [5, 5.41) is 0. The fraction of sp³-hybridized carbons (Fsp3) is 0.720. The summed E-state index contributed by atoms with van der Waals surface area (Å²) < 4.78 is 17.2. The van der Waals surface area contributed by atoms with Crippen LogP contribution in [0.5, 0.6) is 11.5 Å². The molecule has 0 aromatic heterocycles. The standard InChI is InChI=1S/C25H41NO4/c1-7-9-19(3)11-13-21(10-8-2)26(24(27)30-25(4,5)6)18-20-12-14-22-23(17-20)29-16-15-28-22/h12,14,17,19,21H,7-11,13,15-16,18H2,1-6H3/t19-,21?/m0/s1. The Balaban J connectivity index is 2.21. The summed E-state index contributed by atoms with van der Waals surface area (Å²) in [6.07, 6.45) is 6.33. The lowest BCUT2D eigenvalue weighted by atomic mass is 9.95. The van der Waals surface area contributed by atoms with E-state index in [1.807, 2.05) is 43.9 Å². The quantitative estimate of drug-likeness (QED) is 0.430. The fourth-order valence-electron chi connectivity index (χ4n) is 3.95. The van der Waals surface area contributed by atoms with Crippen LogP contribution in [0.3, 0.4) is 0 Å². The van der Waals surface area contributed by atoms with E-state index in [0.717, 1.165) is 42.7 Å². The van der Waals surface area contributed by atoms with Crippen molar-refractivity contribution in [3.05, 3.63) is 23.8 Å². The Morgan fingerprint density at radius 2 is 1.70 bits per heavy atom. The van der Waals surface area contributed by atoms with Gasteiger partial charge in [-0.3, -0.25) is 0 Å². The Kier molecular flexibility index (Phi) is 9.32. The zero-order chi connectivity index (χ0) is 22.1. The predicted octanol–water partition coefficient (Wildman–Crippen LogP) is 6.58. The van der Waals surface area contributed by atoms with E-state index in [0.29, 0.717) is 25.7 Å². The second kappa shape index (κ2) is 11.5. The molecule has 1 aliphatic heterocycles. The van der Waals surface area contributed by atoms with E-state index in [9.17, 15) is 4.79 Å². The van der Waals surface area contributed by atoms with Crippen LogP contribution >= 0.6 is 0 Å². The molecule has 1 heterocycles. The van der Waals surface area contributed by atoms with E-state index in [-0.39, 0.29) is 12.1 Å². The number of hydrogen-bond acceptors (Lipinski definition) is 4. The molecule has 0 N–H and O–H groups in total. The normalized spacial score (nSPS) is 15.4. The maximum atomic E-state index is 13.2. The van der Waals surface area contributed by atoms with Crippen LogP contribution in [0, 0.1) is 5.92 Å². The van der Waals surface area contributed by atoms with E-state index in [1.165, 1.54) is 12.8 Å². The summed E-state index contributed by atoms with van der Waals surface area (Å²) in [4.78, 5) is 15.1. The van der Waals surface area contributed by atoms with Gasteiger partial charge in [0.1, 0.15) is 18.8 Å². The van der Waals surface area contributed by atoms with Crippen molar-refractivity contribution in [3.8, 4) is 11.5 Å². The van der Waals surface area contributed by atoms with Gasteiger partial charge >= 0.3 is 6.09 Å². The van der Waals surface area contributed by atoms with Gasteiger partial charge in [0, 0.05) is 12.6 Å². The molecular formula is C25H41NO4. The van der Waals surface area contributed by atoms with Crippen molar-refractivity contribution >= 4 is 6.09 Å². The molecule has 5 heteroatoms. The van der Waals surface area contributed by atoms with E-state index >= 15 is 0 Å². The third-order valence-corrected chi connectivity index (χ3v) is 5.42. The van der Waals surface area contributed by atoms with Gasteiger partial charge in [-0.1, -0.05) is 46.1 Å². The van der Waals surface area contributed by atoms with Crippen molar-refractivity contribution in [2.75, 3.05) is 13.2 Å². The second-order valence-corrected chi connectivity index (χ2v) is 9.50. The minimum absolute atomic E-state index is 0.164. The molecule has 0 radical (unpaired) electrons. The number of carbonyl (C=O) groups excluding carboxylic acids is 1. The smallest absolute Gasteiger partial charge is 0.410 e. The van der Waals surface area contributed by atoms with Gasteiger partial charge in [0.15, 0.2) is 11.5 Å². The number of carbonyl (C=O) groups is 1. The topological polar surface area (TPSA) is 48.0 Å². The van der Waals surface area contributed by atoms with Gasteiger partial charge in [0.25, 0.3) is 0 Å². The van der Waals surface area contributed by atoms with Crippen LogP contribution in [0.4, 0.5) is 4.79 Å². The first kappa shape index (κ1) is 24.4. The Hall–Kier alpha value is -1.91. The van der Waals surface area contributed by atoms with Crippen LogP contribution in [-0.2, 0) is 11.3 Å². The summed E-state index contributed by atoms with van der Waals surface area (Å²) in [6.45, 7) is 14.1. The summed E-state index contributed by atoms with van der Waals surface area (Å²) in [7, 11) is 0. The maximum Gasteiger partial charge on any atom is 0.410 e. The molecule has 1 aliphatic rings. The number of fused-ring (bicyclic) bond motifs is 1. The largest absolute Gasteiger partial charge is 0.486 e. The maximum absolute atomic E-state index is 13.2. The number of ether oxygens (including phenoxy) is 3. The molecule has 1 unspecified atom stereocenters. The summed E-state index contributed by atoms with van der Waals surface area (Å²) in [5.74, 6) is 2.20. The zero-order valence-corrected chi connectivity index (χ0v) is 19.8. The average Bonchev–Trinajstić information content (AvgIpc) is 2.68. The summed E-state index contributed by atoms with van der Waals surface area (Å²) in [6, 6.07) is 6.12. The molecule has 0 spiro atoms. The molecule has 0 aliphatic carbocycles. The first-order valence-corrected chi connectivity index (χ1v) is 11.6. The van der Waals surface area contributed by atoms with Crippen LogP contribution < -0.4 is 9.47 Å². The van der Waals surface area contributed by atoms with Crippen LogP contribution in [0.1, 0.15) is 85.6 Å². The number of amides is 1. The highest BCUT2D eigenvalue weighted by Crippen LogP contribution is 2.32. The molecule has 1 amide bonds. The van der Waals surface area contributed by atoms with Crippen molar-refractivity contribution in [1.82, 2.24) is 4.90 Å². The average molecular weight is 420 g/mol. The molecule has 0 bridgehead atoms. The minimum Gasteiger partial charge on any atom is -0.486 e. The molecule has 0 fully saturated rings. The first-order chi connectivity index (χ1) is 14.2. The van der Waals surface area contributed by atoms with Gasteiger partial charge in [-0.25, -0.2) is 4.79 Å². The van der Waals surface area contributed by atoms with Crippen LogP contribution in [0.15, 0.2) is 18.2 Å². The van der Waals surface area contributed by atoms with Crippen molar-refractivity contribution < 1.29 is 19.0 Å². The lowest BCUT2D eigenvalue weighted by molar-refractivity contribution is 0.0113. The Morgan fingerprint density at radius 3 is 2.33 bits per heavy atom. The van der Waals surface area contributed by atoms with Gasteiger partial charge in [-0.05, 0) is 63.6 Å². The van der Waals surface area contributed by atoms with E-state index in [2.05, 4.69) is 20.8 Å². The first-order valence-electron chi connectivity index (χ1n) is 11.6. The monoisotopic (exact) mass is 419 g/mol. The molecule has 170 valence electrons. The molecule has 0 saturated carbocycles. The molecular weight excluding hydrogens is 378 g/mol. The Labute approximate surface area is 183 Å². The van der Waals surface area contributed by atoms with E-state index in [1.54, 1.807) is 0 Å². The number of hydrogen-bond donors (Lipinski definition) is 0. The molecule has 2 rings (SSSR count). The number of benzene rings is 1. The van der Waals surface area contributed by atoms with Crippen molar-refractivity contribution in [3.63, 3.8) is 0 Å². The predicted molar refractivity (Wildman–Crippen MR) is 121 cm³/mol. The SMILES string of the molecule is CCCC(CC[C@@H](C)CCC)N(Cc1ccc2c(c1)OCCO2)C(=O)OC(C)(C)C. The van der Waals surface area contributed by atoms with Crippen LogP contribution in [-0.4, -0.2) is 35.8 Å². The van der Waals surface area contributed by atoms with E-state index < -0.39 is 5.60 Å². The van der Waals surface area contributed by atoms with Crippen LogP contribution in [0.2, 0.25) is 0 Å². The minimum atomic E-state index is -0.519.